The number of phenols is 1. The Bertz CT molecular complexity index is 601. The SMILES string of the molecule is O=[N+]([O-])c1c(OCc2ccccc2)ccc(Br)c1O. The van der Waals surface area contributed by atoms with Gasteiger partial charge in [-0.1, -0.05) is 30.3 Å². The molecule has 0 heterocycles. The standard InChI is InChI=1S/C13H10BrNO4/c14-10-6-7-11(12(13(10)16)15(17)18)19-8-9-4-2-1-3-5-9/h1-7,16H,8H2. The molecule has 2 aromatic carbocycles. The van der Waals surface area contributed by atoms with E-state index >= 15 is 0 Å². The lowest BCUT2D eigenvalue weighted by molar-refractivity contribution is -0.387. The normalized spacial score (nSPS) is 10.2. The Kier molecular flexibility index (Phi) is 4.01. The van der Waals surface area contributed by atoms with E-state index in [0.29, 0.717) is 0 Å². The lowest BCUT2D eigenvalue weighted by Gasteiger charge is -2.08. The molecule has 0 aliphatic rings. The number of nitrogens with zero attached hydrogens (tertiary/aromatic N) is 1. The van der Waals surface area contributed by atoms with Crippen molar-refractivity contribution in [3.05, 3.63) is 62.6 Å². The lowest BCUT2D eigenvalue weighted by atomic mass is 10.2. The van der Waals surface area contributed by atoms with Crippen molar-refractivity contribution < 1.29 is 14.8 Å². The zero-order chi connectivity index (χ0) is 13.8. The van der Waals surface area contributed by atoms with Gasteiger partial charge in [-0.2, -0.15) is 0 Å². The van der Waals surface area contributed by atoms with Crippen LogP contribution in [0.4, 0.5) is 5.69 Å². The number of phenolic OH excluding ortho intramolecular Hbond substituents is 1. The maximum Gasteiger partial charge on any atom is 0.353 e. The molecule has 0 radical (unpaired) electrons. The Morgan fingerprint density at radius 1 is 1.21 bits per heavy atom. The maximum atomic E-state index is 11.0. The van der Waals surface area contributed by atoms with E-state index in [4.69, 9.17) is 4.74 Å². The van der Waals surface area contributed by atoms with Gasteiger partial charge in [0.1, 0.15) is 6.61 Å². The number of rotatable bonds is 4. The van der Waals surface area contributed by atoms with Gasteiger partial charge >= 0.3 is 5.69 Å². The quantitative estimate of drug-likeness (QED) is 0.688. The number of halogens is 1. The van der Waals surface area contributed by atoms with E-state index in [2.05, 4.69) is 15.9 Å². The molecule has 0 atom stereocenters. The van der Waals surface area contributed by atoms with Crippen molar-refractivity contribution in [3.8, 4) is 11.5 Å². The minimum Gasteiger partial charge on any atom is -0.501 e. The number of hydrogen-bond acceptors (Lipinski definition) is 4. The molecule has 0 saturated heterocycles. The molecule has 98 valence electrons. The first kappa shape index (κ1) is 13.4. The van der Waals surface area contributed by atoms with Crippen LogP contribution in [0.15, 0.2) is 46.9 Å². The minimum absolute atomic E-state index is 0.0366. The maximum absolute atomic E-state index is 11.0. The van der Waals surface area contributed by atoms with Crippen molar-refractivity contribution in [1.82, 2.24) is 0 Å². The molecule has 2 aromatic rings. The summed E-state index contributed by atoms with van der Waals surface area (Å²) in [5, 5.41) is 20.6. The topological polar surface area (TPSA) is 72.6 Å². The molecule has 2 rings (SSSR count). The Hall–Kier alpha value is -2.08. The summed E-state index contributed by atoms with van der Waals surface area (Å²) in [6, 6.07) is 12.2. The summed E-state index contributed by atoms with van der Waals surface area (Å²) in [4.78, 5) is 10.3. The van der Waals surface area contributed by atoms with Crippen molar-refractivity contribution in [1.29, 1.82) is 0 Å². The molecule has 0 saturated carbocycles. The molecule has 0 fully saturated rings. The van der Waals surface area contributed by atoms with Crippen LogP contribution in [-0.2, 0) is 6.61 Å². The van der Waals surface area contributed by atoms with Gasteiger partial charge in [-0.15, -0.1) is 0 Å². The molecule has 0 bridgehead atoms. The highest BCUT2D eigenvalue weighted by Gasteiger charge is 2.23. The predicted octanol–water partition coefficient (Wildman–Crippen LogP) is 3.64. The van der Waals surface area contributed by atoms with E-state index in [0.717, 1.165) is 5.56 Å². The van der Waals surface area contributed by atoms with Gasteiger partial charge < -0.3 is 9.84 Å². The van der Waals surface area contributed by atoms with Gasteiger partial charge in [-0.05, 0) is 33.6 Å². The minimum atomic E-state index is -0.666. The van der Waals surface area contributed by atoms with Gasteiger partial charge in [0.05, 0.1) is 9.40 Å². The smallest absolute Gasteiger partial charge is 0.353 e. The molecule has 0 amide bonds. The highest BCUT2D eigenvalue weighted by molar-refractivity contribution is 9.10. The Morgan fingerprint density at radius 3 is 2.53 bits per heavy atom. The zero-order valence-electron chi connectivity index (χ0n) is 9.75. The summed E-state index contributed by atoms with van der Waals surface area (Å²) in [5.41, 5.74) is 0.449. The number of nitro benzene ring substituents is 1. The van der Waals surface area contributed by atoms with E-state index in [1.165, 1.54) is 12.1 Å². The lowest BCUT2D eigenvalue weighted by Crippen LogP contribution is -1.99. The van der Waals surface area contributed by atoms with Crippen LogP contribution in [0.2, 0.25) is 0 Å². The summed E-state index contributed by atoms with van der Waals surface area (Å²) >= 11 is 3.03. The van der Waals surface area contributed by atoms with Crippen LogP contribution in [0, 0.1) is 10.1 Å². The molecule has 0 unspecified atom stereocenters. The second-order valence-electron chi connectivity index (χ2n) is 3.77. The summed E-state index contributed by atoms with van der Waals surface area (Å²) in [7, 11) is 0. The highest BCUT2D eigenvalue weighted by Crippen LogP contribution is 2.41. The van der Waals surface area contributed by atoms with Gasteiger partial charge in [0, 0.05) is 0 Å². The predicted molar refractivity (Wildman–Crippen MR) is 73.2 cm³/mol. The zero-order valence-corrected chi connectivity index (χ0v) is 11.3. The van der Waals surface area contributed by atoms with Gasteiger partial charge in [0.25, 0.3) is 0 Å². The average Bonchev–Trinajstić information content (AvgIpc) is 2.41. The van der Waals surface area contributed by atoms with Gasteiger partial charge in [0.15, 0.2) is 0 Å². The second-order valence-corrected chi connectivity index (χ2v) is 4.63. The third-order valence-corrected chi connectivity index (χ3v) is 3.12. The summed E-state index contributed by atoms with van der Waals surface area (Å²) in [5.74, 6) is -0.398. The molecule has 1 N–H and O–H groups in total. The van der Waals surface area contributed by atoms with Crippen LogP contribution < -0.4 is 4.74 Å². The van der Waals surface area contributed by atoms with Crippen molar-refractivity contribution in [2.24, 2.45) is 0 Å². The summed E-state index contributed by atoms with van der Waals surface area (Å²) in [6.45, 7) is 0.197. The third kappa shape index (κ3) is 3.03. The first-order valence-corrected chi connectivity index (χ1v) is 6.21. The van der Waals surface area contributed by atoms with Crippen molar-refractivity contribution in [3.63, 3.8) is 0 Å². The van der Waals surface area contributed by atoms with E-state index in [1.54, 1.807) is 0 Å². The second kappa shape index (κ2) is 5.71. The molecule has 19 heavy (non-hydrogen) atoms. The largest absolute Gasteiger partial charge is 0.501 e. The van der Waals surface area contributed by atoms with Crippen molar-refractivity contribution in [2.75, 3.05) is 0 Å². The Morgan fingerprint density at radius 2 is 1.89 bits per heavy atom. The Balaban J connectivity index is 2.26. The van der Waals surface area contributed by atoms with Crippen molar-refractivity contribution in [2.45, 2.75) is 6.61 Å². The van der Waals surface area contributed by atoms with E-state index in [9.17, 15) is 15.2 Å². The average molecular weight is 324 g/mol. The van der Waals surface area contributed by atoms with Crippen LogP contribution >= 0.6 is 15.9 Å². The number of nitro groups is 1. The molecule has 0 aliphatic carbocycles. The number of ether oxygens (including phenoxy) is 1. The van der Waals surface area contributed by atoms with Crippen molar-refractivity contribution >= 4 is 21.6 Å². The molecule has 6 heteroatoms. The molecular weight excluding hydrogens is 314 g/mol. The fourth-order valence-electron chi connectivity index (χ4n) is 1.56. The third-order valence-electron chi connectivity index (χ3n) is 2.48. The van der Waals surface area contributed by atoms with Gasteiger partial charge in [-0.3, -0.25) is 10.1 Å². The first-order valence-electron chi connectivity index (χ1n) is 5.42. The Labute approximate surface area is 117 Å². The monoisotopic (exact) mass is 323 g/mol. The molecular formula is C13H10BrNO4. The van der Waals surface area contributed by atoms with Gasteiger partial charge in [0.2, 0.25) is 11.5 Å². The van der Waals surface area contributed by atoms with Crippen LogP contribution in [0.25, 0.3) is 0 Å². The summed E-state index contributed by atoms with van der Waals surface area (Å²) < 4.78 is 5.65. The van der Waals surface area contributed by atoms with Crippen LogP contribution in [0.5, 0.6) is 11.5 Å². The number of aromatic hydroxyl groups is 1. The number of benzene rings is 2. The molecule has 0 aromatic heterocycles. The highest BCUT2D eigenvalue weighted by atomic mass is 79.9. The fraction of sp³-hybridized carbons (Fsp3) is 0.0769. The van der Waals surface area contributed by atoms with Crippen LogP contribution in [0.1, 0.15) is 5.56 Å². The van der Waals surface area contributed by atoms with E-state index in [1.807, 2.05) is 30.3 Å². The van der Waals surface area contributed by atoms with Gasteiger partial charge in [-0.25, -0.2) is 0 Å². The van der Waals surface area contributed by atoms with E-state index in [-0.39, 0.29) is 16.8 Å². The fourth-order valence-corrected chi connectivity index (χ4v) is 1.88. The van der Waals surface area contributed by atoms with Crippen LogP contribution in [-0.4, -0.2) is 10.0 Å². The molecule has 0 spiro atoms. The first-order chi connectivity index (χ1) is 9.09. The number of hydrogen-bond donors (Lipinski definition) is 1. The molecule has 5 nitrogen and oxygen atoms in total. The van der Waals surface area contributed by atoms with E-state index < -0.39 is 16.4 Å². The summed E-state index contributed by atoms with van der Waals surface area (Å²) in [6.07, 6.45) is 0. The molecule has 0 aliphatic heterocycles. The van der Waals surface area contributed by atoms with Crippen LogP contribution in [0.3, 0.4) is 0 Å².